The van der Waals surface area contributed by atoms with Crippen LogP contribution < -0.4 is 19.5 Å². The number of ketones is 1. The normalized spacial score (nSPS) is 22.6. The Bertz CT molecular complexity index is 1000. The zero-order chi connectivity index (χ0) is 23.5. The van der Waals surface area contributed by atoms with Gasteiger partial charge in [-0.15, -0.1) is 0 Å². The van der Waals surface area contributed by atoms with Gasteiger partial charge in [0.25, 0.3) is 0 Å². The van der Waals surface area contributed by atoms with Crippen molar-refractivity contribution < 1.29 is 33.3 Å². The molecule has 0 unspecified atom stereocenters. The van der Waals surface area contributed by atoms with Crippen LogP contribution in [0.3, 0.4) is 0 Å². The summed E-state index contributed by atoms with van der Waals surface area (Å²) in [7, 11) is 4.61. The highest BCUT2D eigenvalue weighted by molar-refractivity contribution is 6.04. The van der Waals surface area contributed by atoms with E-state index in [0.717, 1.165) is 31.4 Å². The molecule has 1 aromatic carbocycles. The topological polar surface area (TPSA) is 92.3 Å². The third-order valence-corrected chi connectivity index (χ3v) is 6.47. The largest absolute Gasteiger partial charge is 0.493 e. The predicted octanol–water partition coefficient (Wildman–Crippen LogP) is 3.40. The highest BCUT2D eigenvalue weighted by Gasteiger charge is 2.41. The molecule has 8 heteroatoms. The van der Waals surface area contributed by atoms with E-state index in [1.165, 1.54) is 14.2 Å². The Kier molecular flexibility index (Phi) is 6.93. The van der Waals surface area contributed by atoms with Crippen molar-refractivity contribution in [2.45, 2.75) is 51.0 Å². The maximum Gasteiger partial charge on any atom is 0.336 e. The molecule has 1 saturated heterocycles. The Morgan fingerprint density at radius 2 is 1.88 bits per heavy atom. The van der Waals surface area contributed by atoms with Gasteiger partial charge in [0, 0.05) is 35.6 Å². The number of methoxy groups -OCH3 is 3. The molecule has 0 aromatic heterocycles. The fourth-order valence-corrected chi connectivity index (χ4v) is 4.94. The second-order valence-corrected chi connectivity index (χ2v) is 8.42. The van der Waals surface area contributed by atoms with E-state index in [1.807, 2.05) is 13.0 Å². The molecule has 0 spiro atoms. The van der Waals surface area contributed by atoms with Crippen molar-refractivity contribution in [3.63, 3.8) is 0 Å². The van der Waals surface area contributed by atoms with E-state index >= 15 is 0 Å². The third-order valence-electron chi connectivity index (χ3n) is 6.47. The minimum absolute atomic E-state index is 0.0162. The van der Waals surface area contributed by atoms with Gasteiger partial charge in [0.05, 0.1) is 38.9 Å². The number of dihydropyridines is 1. The molecule has 2 atom stereocenters. The molecule has 2 heterocycles. The minimum atomic E-state index is -0.638. The van der Waals surface area contributed by atoms with Crippen LogP contribution in [-0.2, 0) is 19.1 Å². The lowest BCUT2D eigenvalue weighted by atomic mass is 9.75. The number of allylic oxidation sites excluding steroid dienone is 3. The highest BCUT2D eigenvalue weighted by Crippen LogP contribution is 2.50. The molecular formula is C25H31NO7. The number of Topliss-reactive ketones (excluding diaryl/α,β-unsaturated/α-hetero) is 1. The average molecular weight is 458 g/mol. The number of rotatable bonds is 7. The van der Waals surface area contributed by atoms with Crippen molar-refractivity contribution in [2.24, 2.45) is 0 Å². The van der Waals surface area contributed by atoms with Gasteiger partial charge in [-0.1, -0.05) is 6.07 Å². The van der Waals surface area contributed by atoms with Crippen LogP contribution in [0.2, 0.25) is 0 Å². The Morgan fingerprint density at radius 1 is 1.09 bits per heavy atom. The van der Waals surface area contributed by atoms with Crippen LogP contribution in [0.4, 0.5) is 0 Å². The summed E-state index contributed by atoms with van der Waals surface area (Å²) >= 11 is 0. The predicted molar refractivity (Wildman–Crippen MR) is 120 cm³/mol. The van der Waals surface area contributed by atoms with E-state index in [9.17, 15) is 9.59 Å². The summed E-state index contributed by atoms with van der Waals surface area (Å²) in [6, 6.07) is 3.58. The molecule has 1 fully saturated rings. The van der Waals surface area contributed by atoms with E-state index in [-0.39, 0.29) is 18.5 Å². The molecule has 0 saturated carbocycles. The van der Waals surface area contributed by atoms with Gasteiger partial charge in [0.2, 0.25) is 5.75 Å². The number of hydrogen-bond acceptors (Lipinski definition) is 8. The molecule has 3 aliphatic rings. The molecule has 8 nitrogen and oxygen atoms in total. The Labute approximate surface area is 193 Å². The molecule has 0 radical (unpaired) electrons. The lowest BCUT2D eigenvalue weighted by Gasteiger charge is -2.35. The number of carbonyl (C=O) groups excluding carboxylic acids is 2. The number of benzene rings is 1. The lowest BCUT2D eigenvalue weighted by molar-refractivity contribution is -0.142. The maximum absolute atomic E-state index is 13.4. The van der Waals surface area contributed by atoms with Crippen molar-refractivity contribution in [1.82, 2.24) is 5.32 Å². The third kappa shape index (κ3) is 4.31. The summed E-state index contributed by atoms with van der Waals surface area (Å²) in [5.74, 6) is 0.238. The summed E-state index contributed by atoms with van der Waals surface area (Å²) in [6.07, 6.45) is 3.68. The molecular weight excluding hydrogens is 426 g/mol. The smallest absolute Gasteiger partial charge is 0.336 e. The molecule has 0 amide bonds. The Hall–Kier alpha value is -3.00. The molecule has 33 heavy (non-hydrogen) atoms. The van der Waals surface area contributed by atoms with Crippen LogP contribution in [0.1, 0.15) is 50.5 Å². The van der Waals surface area contributed by atoms with Gasteiger partial charge in [0.1, 0.15) is 6.61 Å². The van der Waals surface area contributed by atoms with Gasteiger partial charge in [0.15, 0.2) is 17.3 Å². The average Bonchev–Trinajstić information content (AvgIpc) is 3.34. The van der Waals surface area contributed by atoms with Crippen molar-refractivity contribution in [3.05, 3.63) is 40.2 Å². The summed E-state index contributed by atoms with van der Waals surface area (Å²) in [5.41, 5.74) is 3.15. The van der Waals surface area contributed by atoms with Crippen LogP contribution in [0, 0.1) is 0 Å². The second kappa shape index (κ2) is 9.87. The van der Waals surface area contributed by atoms with Gasteiger partial charge in [-0.2, -0.15) is 0 Å². The fraction of sp³-hybridized carbons (Fsp3) is 0.520. The zero-order valence-electron chi connectivity index (χ0n) is 19.6. The first kappa shape index (κ1) is 23.2. The van der Waals surface area contributed by atoms with Crippen LogP contribution >= 0.6 is 0 Å². The SMILES string of the molecule is COc1ccc([C@@H]2C(C(=O)OC[C@@H]3CCCO3)=C(C)NC3=C2C(=O)CCC3)c(OC)c1OC. The molecule has 1 N–H and O–H groups in total. The first-order valence-corrected chi connectivity index (χ1v) is 11.3. The second-order valence-electron chi connectivity index (χ2n) is 8.42. The summed E-state index contributed by atoms with van der Waals surface area (Å²) in [6.45, 7) is 2.71. The monoisotopic (exact) mass is 457 g/mol. The first-order valence-electron chi connectivity index (χ1n) is 11.3. The summed E-state index contributed by atoms with van der Waals surface area (Å²) < 4.78 is 28.0. The quantitative estimate of drug-likeness (QED) is 0.623. The van der Waals surface area contributed by atoms with E-state index < -0.39 is 11.9 Å². The highest BCUT2D eigenvalue weighted by atomic mass is 16.6. The standard InChI is InChI=1S/C25H31NO7/c1-14-20(25(28)33-13-15-7-6-12-32-15)21(22-17(26-14)8-5-9-18(22)27)16-10-11-19(29-2)24(31-4)23(16)30-3/h10-11,15,21,26H,5-9,12-13H2,1-4H3/t15-,21+/m0/s1. The van der Waals surface area contributed by atoms with Crippen molar-refractivity contribution in [1.29, 1.82) is 0 Å². The van der Waals surface area contributed by atoms with Gasteiger partial charge in [-0.05, 0) is 38.7 Å². The number of esters is 1. The number of ether oxygens (including phenoxy) is 5. The van der Waals surface area contributed by atoms with Gasteiger partial charge >= 0.3 is 5.97 Å². The lowest BCUT2D eigenvalue weighted by Crippen LogP contribution is -2.35. The zero-order valence-corrected chi connectivity index (χ0v) is 19.6. The van der Waals surface area contributed by atoms with E-state index in [4.69, 9.17) is 23.7 Å². The van der Waals surface area contributed by atoms with E-state index in [2.05, 4.69) is 5.32 Å². The van der Waals surface area contributed by atoms with Gasteiger partial charge in [-0.3, -0.25) is 4.79 Å². The minimum Gasteiger partial charge on any atom is -0.493 e. The van der Waals surface area contributed by atoms with Crippen LogP contribution in [-0.4, -0.2) is 52.4 Å². The van der Waals surface area contributed by atoms with Gasteiger partial charge in [-0.25, -0.2) is 4.79 Å². The van der Waals surface area contributed by atoms with Gasteiger partial charge < -0.3 is 29.0 Å². The molecule has 4 rings (SSSR count). The van der Waals surface area contributed by atoms with Crippen LogP contribution in [0.15, 0.2) is 34.7 Å². The molecule has 2 aliphatic heterocycles. The number of hydrogen-bond donors (Lipinski definition) is 1. The van der Waals surface area contributed by atoms with E-state index in [1.54, 1.807) is 13.2 Å². The van der Waals surface area contributed by atoms with Crippen molar-refractivity contribution >= 4 is 11.8 Å². The number of carbonyl (C=O) groups is 2. The van der Waals surface area contributed by atoms with E-state index in [0.29, 0.717) is 52.7 Å². The molecule has 1 aromatic rings. The fourth-order valence-electron chi connectivity index (χ4n) is 4.94. The van der Waals surface area contributed by atoms with Crippen LogP contribution in [0.25, 0.3) is 0 Å². The molecule has 178 valence electrons. The maximum atomic E-state index is 13.4. The Balaban J connectivity index is 1.81. The first-order chi connectivity index (χ1) is 16.0. The van der Waals surface area contributed by atoms with Crippen molar-refractivity contribution in [3.8, 4) is 17.2 Å². The van der Waals surface area contributed by atoms with Crippen LogP contribution in [0.5, 0.6) is 17.2 Å². The summed E-state index contributed by atoms with van der Waals surface area (Å²) in [4.78, 5) is 26.5. The summed E-state index contributed by atoms with van der Waals surface area (Å²) in [5, 5.41) is 3.31. The Morgan fingerprint density at radius 3 is 2.55 bits per heavy atom. The molecule has 0 bridgehead atoms. The van der Waals surface area contributed by atoms with Crippen molar-refractivity contribution in [2.75, 3.05) is 34.5 Å². The number of nitrogens with one attached hydrogen (secondary N) is 1. The molecule has 1 aliphatic carbocycles.